The van der Waals surface area contributed by atoms with Gasteiger partial charge < -0.3 is 9.64 Å². The van der Waals surface area contributed by atoms with Crippen LogP contribution in [-0.2, 0) is 4.79 Å². The van der Waals surface area contributed by atoms with Gasteiger partial charge in [0.25, 0.3) is 0 Å². The quantitative estimate of drug-likeness (QED) is 0.777. The molecule has 4 heteroatoms. The summed E-state index contributed by atoms with van der Waals surface area (Å²) in [5.41, 5.74) is 1.18. The molecule has 0 aromatic heterocycles. The number of carbonyl (C=O) groups excluding carboxylic acids is 1. The minimum atomic E-state index is 0.345. The Balaban J connectivity index is 1.46. The summed E-state index contributed by atoms with van der Waals surface area (Å²) >= 11 is 0. The minimum absolute atomic E-state index is 0.345. The van der Waals surface area contributed by atoms with Gasteiger partial charge in [-0.15, -0.1) is 0 Å². The normalized spacial score (nSPS) is 20.5. The van der Waals surface area contributed by atoms with Gasteiger partial charge in [-0.1, -0.05) is 43.5 Å². The van der Waals surface area contributed by atoms with Gasteiger partial charge >= 0.3 is 0 Å². The van der Waals surface area contributed by atoms with E-state index in [1.54, 1.807) is 7.11 Å². The van der Waals surface area contributed by atoms with Gasteiger partial charge in [0.2, 0.25) is 5.91 Å². The molecule has 2 aliphatic rings. The van der Waals surface area contributed by atoms with Crippen LogP contribution < -0.4 is 4.74 Å². The van der Waals surface area contributed by atoms with Gasteiger partial charge in [0.15, 0.2) is 0 Å². The molecule has 0 spiro atoms. The smallest absolute Gasteiger partial charge is 0.223 e. The van der Waals surface area contributed by atoms with Crippen LogP contribution in [0.2, 0.25) is 0 Å². The number of amides is 1. The van der Waals surface area contributed by atoms with Crippen molar-refractivity contribution in [3.05, 3.63) is 35.9 Å². The number of rotatable bonds is 6. The van der Waals surface area contributed by atoms with Crippen molar-refractivity contribution in [1.82, 2.24) is 9.80 Å². The van der Waals surface area contributed by atoms with E-state index in [1.165, 1.54) is 37.7 Å². The van der Waals surface area contributed by atoms with E-state index in [2.05, 4.69) is 34.1 Å². The summed E-state index contributed by atoms with van der Waals surface area (Å²) in [5, 5.41) is 0. The van der Waals surface area contributed by atoms with E-state index >= 15 is 0 Å². The third kappa shape index (κ3) is 5.60. The number of hydrogen-bond acceptors (Lipinski definition) is 3. The Morgan fingerprint density at radius 2 is 1.85 bits per heavy atom. The van der Waals surface area contributed by atoms with Crippen LogP contribution >= 0.6 is 0 Å². The summed E-state index contributed by atoms with van der Waals surface area (Å²) in [4.78, 5) is 17.0. The van der Waals surface area contributed by atoms with Crippen LogP contribution in [0.1, 0.15) is 44.1 Å². The second-order valence-electron chi connectivity index (χ2n) is 7.57. The van der Waals surface area contributed by atoms with Gasteiger partial charge in [-0.2, -0.15) is 0 Å². The number of benzene rings is 1. The van der Waals surface area contributed by atoms with Crippen LogP contribution in [0, 0.1) is 5.92 Å². The van der Waals surface area contributed by atoms with Crippen LogP contribution in [0.5, 0.6) is 5.75 Å². The lowest BCUT2D eigenvalue weighted by Gasteiger charge is -2.29. The molecule has 3 rings (SSSR count). The number of hydrogen-bond donors (Lipinski definition) is 0. The maximum absolute atomic E-state index is 12.5. The largest absolute Gasteiger partial charge is 0.497 e. The summed E-state index contributed by atoms with van der Waals surface area (Å²) in [6.07, 6.45) is 11.7. The molecule has 0 radical (unpaired) electrons. The molecule has 4 nitrogen and oxygen atoms in total. The fourth-order valence-electron chi connectivity index (χ4n) is 4.02. The zero-order chi connectivity index (χ0) is 18.2. The maximum Gasteiger partial charge on any atom is 0.223 e. The maximum atomic E-state index is 12.5. The predicted octanol–water partition coefficient (Wildman–Crippen LogP) is 3.82. The molecule has 26 heavy (non-hydrogen) atoms. The van der Waals surface area contributed by atoms with E-state index in [1.807, 2.05) is 12.1 Å². The van der Waals surface area contributed by atoms with Crippen molar-refractivity contribution in [3.63, 3.8) is 0 Å². The highest BCUT2D eigenvalue weighted by molar-refractivity contribution is 5.76. The second kappa shape index (κ2) is 9.77. The lowest BCUT2D eigenvalue weighted by atomic mass is 9.89. The molecule has 1 amide bonds. The molecular formula is C22H32N2O2. The van der Waals surface area contributed by atoms with Gasteiger partial charge in [0.1, 0.15) is 5.75 Å². The summed E-state index contributed by atoms with van der Waals surface area (Å²) in [6.45, 7) is 4.61. The fraction of sp³-hybridized carbons (Fsp3) is 0.591. The molecule has 0 N–H and O–H groups in total. The highest BCUT2D eigenvalue weighted by Gasteiger charge is 2.24. The zero-order valence-corrected chi connectivity index (χ0v) is 16.0. The number of ether oxygens (including phenoxy) is 1. The third-order valence-corrected chi connectivity index (χ3v) is 5.67. The average molecular weight is 357 g/mol. The molecule has 1 aliphatic carbocycles. The van der Waals surface area contributed by atoms with E-state index in [0.717, 1.165) is 44.4 Å². The van der Waals surface area contributed by atoms with E-state index < -0.39 is 0 Å². The minimum Gasteiger partial charge on any atom is -0.497 e. The first-order valence-corrected chi connectivity index (χ1v) is 10.1. The van der Waals surface area contributed by atoms with Crippen LogP contribution in [0.25, 0.3) is 6.08 Å². The van der Waals surface area contributed by atoms with E-state index in [-0.39, 0.29) is 0 Å². The second-order valence-corrected chi connectivity index (χ2v) is 7.57. The Kier molecular flexibility index (Phi) is 7.13. The molecule has 142 valence electrons. The van der Waals surface area contributed by atoms with Gasteiger partial charge in [-0.05, 0) is 36.5 Å². The van der Waals surface area contributed by atoms with Crippen molar-refractivity contribution in [1.29, 1.82) is 0 Å². The molecule has 0 bridgehead atoms. The molecule has 1 aromatic rings. The molecule has 0 unspecified atom stereocenters. The van der Waals surface area contributed by atoms with Crippen molar-refractivity contribution in [2.24, 2.45) is 5.92 Å². The molecule has 1 saturated carbocycles. The molecular weight excluding hydrogens is 324 g/mol. The molecule has 0 atom stereocenters. The Bertz CT molecular complexity index is 591. The Morgan fingerprint density at radius 1 is 1.08 bits per heavy atom. The number of nitrogens with zero attached hydrogens (tertiary/aromatic N) is 2. The van der Waals surface area contributed by atoms with Gasteiger partial charge in [0.05, 0.1) is 7.11 Å². The van der Waals surface area contributed by atoms with Crippen LogP contribution in [0.15, 0.2) is 30.3 Å². The lowest BCUT2D eigenvalue weighted by molar-refractivity contribution is -0.131. The van der Waals surface area contributed by atoms with Crippen molar-refractivity contribution in [2.75, 3.05) is 39.8 Å². The summed E-state index contributed by atoms with van der Waals surface area (Å²) < 4.78 is 5.19. The number of methoxy groups -OCH3 is 1. The molecule has 1 saturated heterocycles. The predicted molar refractivity (Wildman–Crippen MR) is 106 cm³/mol. The van der Waals surface area contributed by atoms with Crippen LogP contribution in [0.4, 0.5) is 0 Å². The Hall–Kier alpha value is -1.81. The van der Waals surface area contributed by atoms with E-state index in [4.69, 9.17) is 4.74 Å². The monoisotopic (exact) mass is 356 g/mol. The topological polar surface area (TPSA) is 32.8 Å². The van der Waals surface area contributed by atoms with Crippen LogP contribution in [-0.4, -0.2) is 55.5 Å². The van der Waals surface area contributed by atoms with Crippen molar-refractivity contribution in [2.45, 2.75) is 38.5 Å². The van der Waals surface area contributed by atoms with E-state index in [0.29, 0.717) is 12.3 Å². The van der Waals surface area contributed by atoms with Crippen molar-refractivity contribution >= 4 is 12.0 Å². The van der Waals surface area contributed by atoms with E-state index in [9.17, 15) is 4.79 Å². The highest BCUT2D eigenvalue weighted by atomic mass is 16.5. The van der Waals surface area contributed by atoms with Gasteiger partial charge in [-0.25, -0.2) is 0 Å². The van der Waals surface area contributed by atoms with Gasteiger partial charge in [-0.3, -0.25) is 9.69 Å². The number of carbonyl (C=O) groups is 1. The van der Waals surface area contributed by atoms with Gasteiger partial charge in [0, 0.05) is 39.1 Å². The summed E-state index contributed by atoms with van der Waals surface area (Å²) in [6, 6.07) is 8.08. The third-order valence-electron chi connectivity index (χ3n) is 5.67. The highest BCUT2D eigenvalue weighted by Crippen LogP contribution is 2.25. The SMILES string of the molecule is COc1ccc(/C=C/CN2CCC(=O)N(CC3CCCCC3)CC2)cc1. The summed E-state index contributed by atoms with van der Waals surface area (Å²) in [5.74, 6) is 1.96. The van der Waals surface area contributed by atoms with Crippen molar-refractivity contribution in [3.8, 4) is 5.75 Å². The van der Waals surface area contributed by atoms with Crippen LogP contribution in [0.3, 0.4) is 0 Å². The standard InChI is InChI=1S/C22H32N2O2/c1-26-21-11-9-19(10-12-21)8-5-14-23-15-13-22(25)24(17-16-23)18-20-6-3-2-4-7-20/h5,8-12,20H,2-4,6-7,13-18H2,1H3/b8-5+. The Morgan fingerprint density at radius 3 is 2.58 bits per heavy atom. The Labute approximate surface area is 157 Å². The molecule has 1 aliphatic heterocycles. The average Bonchev–Trinajstić information content (AvgIpc) is 2.85. The first-order chi connectivity index (χ1) is 12.7. The summed E-state index contributed by atoms with van der Waals surface area (Å²) in [7, 11) is 1.68. The molecule has 2 fully saturated rings. The molecule has 1 heterocycles. The van der Waals surface area contributed by atoms with Crippen molar-refractivity contribution < 1.29 is 9.53 Å². The molecule has 1 aromatic carbocycles. The first kappa shape index (κ1) is 19.0. The zero-order valence-electron chi connectivity index (χ0n) is 16.0. The fourth-order valence-corrected chi connectivity index (χ4v) is 4.02. The lowest BCUT2D eigenvalue weighted by Crippen LogP contribution is -2.37. The first-order valence-electron chi connectivity index (χ1n) is 10.1.